The number of Topliss-reactive ketones (excluding diaryl/α,β-unsaturated/α-hetero) is 1. The average Bonchev–Trinajstić information content (AvgIpc) is 2.55. The summed E-state index contributed by atoms with van der Waals surface area (Å²) in [5, 5.41) is 2.93. The van der Waals surface area contributed by atoms with Crippen molar-refractivity contribution in [1.29, 1.82) is 0 Å². The van der Waals surface area contributed by atoms with E-state index in [1.165, 1.54) is 0 Å². The highest BCUT2D eigenvalue weighted by Gasteiger charge is 2.39. The van der Waals surface area contributed by atoms with Crippen LogP contribution < -0.4 is 5.32 Å². The van der Waals surface area contributed by atoms with E-state index >= 15 is 0 Å². The Morgan fingerprint density at radius 1 is 1.28 bits per heavy atom. The van der Waals surface area contributed by atoms with Gasteiger partial charge >= 0.3 is 6.09 Å². The highest BCUT2D eigenvalue weighted by atomic mass is 16.6. The Hall–Kier alpha value is -1.06. The molecule has 2 aliphatic rings. The molecule has 1 N–H and O–H groups in total. The summed E-state index contributed by atoms with van der Waals surface area (Å²) in [6.07, 6.45) is 4.01. The fourth-order valence-corrected chi connectivity index (χ4v) is 3.15. The molecule has 2 saturated carbocycles. The molecule has 0 bridgehead atoms. The van der Waals surface area contributed by atoms with Crippen molar-refractivity contribution in [2.45, 2.75) is 64.5 Å². The molecule has 0 radical (unpaired) electrons. The van der Waals surface area contributed by atoms with Gasteiger partial charge in [-0.2, -0.15) is 0 Å². The number of hydrogen-bond donors (Lipinski definition) is 1. The van der Waals surface area contributed by atoms with E-state index in [0.29, 0.717) is 24.0 Å². The molecule has 4 nitrogen and oxygen atoms in total. The number of alkyl carbamates (subject to hydrolysis) is 1. The molecule has 0 saturated heterocycles. The molecule has 0 aromatic rings. The Bertz CT molecular complexity index is 345. The summed E-state index contributed by atoms with van der Waals surface area (Å²) in [4.78, 5) is 23.1. The van der Waals surface area contributed by atoms with Crippen molar-refractivity contribution in [1.82, 2.24) is 5.32 Å². The molecule has 18 heavy (non-hydrogen) atoms. The van der Waals surface area contributed by atoms with Crippen LogP contribution in [0.1, 0.15) is 52.9 Å². The molecule has 0 spiro atoms. The van der Waals surface area contributed by atoms with Crippen molar-refractivity contribution in [2.24, 2.45) is 11.8 Å². The van der Waals surface area contributed by atoms with Gasteiger partial charge < -0.3 is 10.1 Å². The number of ether oxygens (including phenoxy) is 1. The maximum atomic E-state index is 11.7. The Morgan fingerprint density at radius 3 is 2.61 bits per heavy atom. The number of ketones is 1. The zero-order valence-electron chi connectivity index (χ0n) is 11.5. The van der Waals surface area contributed by atoms with Crippen molar-refractivity contribution in [2.75, 3.05) is 0 Å². The second kappa shape index (κ2) is 4.90. The lowest BCUT2D eigenvalue weighted by Crippen LogP contribution is -2.38. The van der Waals surface area contributed by atoms with Crippen LogP contribution in [0.15, 0.2) is 0 Å². The van der Waals surface area contributed by atoms with Gasteiger partial charge in [0, 0.05) is 18.9 Å². The van der Waals surface area contributed by atoms with Crippen LogP contribution in [-0.4, -0.2) is 23.5 Å². The van der Waals surface area contributed by atoms with Crippen LogP contribution in [0, 0.1) is 11.8 Å². The number of nitrogens with one attached hydrogen (secondary N) is 1. The number of carbonyl (C=O) groups excluding carboxylic acids is 2. The minimum Gasteiger partial charge on any atom is -0.444 e. The number of rotatable bonds is 1. The zero-order chi connectivity index (χ0) is 13.3. The lowest BCUT2D eigenvalue weighted by Gasteiger charge is -2.23. The topological polar surface area (TPSA) is 55.4 Å². The molecule has 0 aromatic carbocycles. The van der Waals surface area contributed by atoms with Gasteiger partial charge in [-0.1, -0.05) is 0 Å². The van der Waals surface area contributed by atoms with Gasteiger partial charge in [-0.15, -0.1) is 0 Å². The highest BCUT2D eigenvalue weighted by molar-refractivity contribution is 5.79. The van der Waals surface area contributed by atoms with E-state index in [2.05, 4.69) is 5.32 Å². The van der Waals surface area contributed by atoms with Crippen molar-refractivity contribution in [3.8, 4) is 0 Å². The van der Waals surface area contributed by atoms with Gasteiger partial charge in [0.2, 0.25) is 0 Å². The Morgan fingerprint density at radius 2 is 1.94 bits per heavy atom. The van der Waals surface area contributed by atoms with Gasteiger partial charge in [0.15, 0.2) is 0 Å². The van der Waals surface area contributed by atoms with Gasteiger partial charge in [0.25, 0.3) is 0 Å². The van der Waals surface area contributed by atoms with Gasteiger partial charge in [-0.3, -0.25) is 4.79 Å². The molecule has 0 heterocycles. The third-order valence-corrected chi connectivity index (χ3v) is 3.85. The van der Waals surface area contributed by atoms with Gasteiger partial charge in [0.1, 0.15) is 11.4 Å². The summed E-state index contributed by atoms with van der Waals surface area (Å²) in [5.74, 6) is 1.47. The van der Waals surface area contributed by atoms with Gasteiger partial charge in [-0.05, 0) is 51.9 Å². The summed E-state index contributed by atoms with van der Waals surface area (Å²) >= 11 is 0. The molecule has 1 amide bonds. The van der Waals surface area contributed by atoms with Crippen molar-refractivity contribution < 1.29 is 14.3 Å². The first kappa shape index (κ1) is 13.4. The Kier molecular flexibility index (Phi) is 3.64. The van der Waals surface area contributed by atoms with Crippen LogP contribution in [0.2, 0.25) is 0 Å². The quantitative estimate of drug-likeness (QED) is 0.781. The summed E-state index contributed by atoms with van der Waals surface area (Å²) in [5.41, 5.74) is -0.453. The lowest BCUT2D eigenvalue weighted by molar-refractivity contribution is -0.122. The van der Waals surface area contributed by atoms with Crippen molar-refractivity contribution in [3.05, 3.63) is 0 Å². The highest BCUT2D eigenvalue weighted by Crippen LogP contribution is 2.41. The van der Waals surface area contributed by atoms with E-state index < -0.39 is 5.60 Å². The van der Waals surface area contributed by atoms with Crippen LogP contribution in [0.3, 0.4) is 0 Å². The SMILES string of the molecule is CC(C)(C)OC(=O)N[C@@H]1C[C@H]2CC(=O)CC[C@H]2C1. The number of amides is 1. The van der Waals surface area contributed by atoms with E-state index in [0.717, 1.165) is 25.7 Å². The Balaban J connectivity index is 1.82. The average molecular weight is 253 g/mol. The first-order chi connectivity index (χ1) is 8.33. The molecule has 0 aliphatic heterocycles. The molecular weight excluding hydrogens is 230 g/mol. The van der Waals surface area contributed by atoms with Gasteiger partial charge in [0.05, 0.1) is 0 Å². The molecule has 2 fully saturated rings. The maximum Gasteiger partial charge on any atom is 0.407 e. The molecule has 3 atom stereocenters. The molecule has 4 heteroatoms. The summed E-state index contributed by atoms with van der Waals surface area (Å²) < 4.78 is 5.26. The summed E-state index contributed by atoms with van der Waals surface area (Å²) in [6.45, 7) is 5.58. The first-order valence-electron chi connectivity index (χ1n) is 6.85. The minimum atomic E-state index is -0.453. The standard InChI is InChI=1S/C14H23NO3/c1-14(2,3)18-13(17)15-11-6-9-4-5-12(16)8-10(9)7-11/h9-11H,4-8H2,1-3H3,(H,15,17)/t9-,10-,11-/m0/s1. The molecule has 0 aromatic heterocycles. The van der Waals surface area contributed by atoms with Crippen molar-refractivity contribution in [3.63, 3.8) is 0 Å². The van der Waals surface area contributed by atoms with Crippen LogP contribution in [0.4, 0.5) is 4.79 Å². The second-order valence-electron chi connectivity index (χ2n) is 6.62. The van der Waals surface area contributed by atoms with Gasteiger partial charge in [-0.25, -0.2) is 4.79 Å². The molecular formula is C14H23NO3. The van der Waals surface area contributed by atoms with Crippen LogP contribution in [-0.2, 0) is 9.53 Å². The second-order valence-corrected chi connectivity index (χ2v) is 6.62. The first-order valence-corrected chi connectivity index (χ1v) is 6.85. The monoisotopic (exact) mass is 253 g/mol. The maximum absolute atomic E-state index is 11.7. The van der Waals surface area contributed by atoms with E-state index in [9.17, 15) is 9.59 Å². The number of carbonyl (C=O) groups is 2. The zero-order valence-corrected chi connectivity index (χ0v) is 11.5. The lowest BCUT2D eigenvalue weighted by atomic mass is 9.81. The molecule has 2 aliphatic carbocycles. The predicted molar refractivity (Wildman–Crippen MR) is 68.2 cm³/mol. The fourth-order valence-electron chi connectivity index (χ4n) is 3.15. The number of hydrogen-bond acceptors (Lipinski definition) is 3. The minimum absolute atomic E-state index is 0.181. The van der Waals surface area contributed by atoms with E-state index in [1.807, 2.05) is 20.8 Å². The number of fused-ring (bicyclic) bond motifs is 1. The third kappa shape index (κ3) is 3.47. The van der Waals surface area contributed by atoms with E-state index in [4.69, 9.17) is 4.74 Å². The van der Waals surface area contributed by atoms with Crippen LogP contribution in [0.25, 0.3) is 0 Å². The molecule has 2 rings (SSSR count). The normalized spacial score (nSPS) is 31.9. The smallest absolute Gasteiger partial charge is 0.407 e. The summed E-state index contributed by atoms with van der Waals surface area (Å²) in [6, 6.07) is 0.181. The van der Waals surface area contributed by atoms with E-state index in [1.54, 1.807) is 0 Å². The summed E-state index contributed by atoms with van der Waals surface area (Å²) in [7, 11) is 0. The largest absolute Gasteiger partial charge is 0.444 e. The van der Waals surface area contributed by atoms with E-state index in [-0.39, 0.29) is 12.1 Å². The molecule has 0 unspecified atom stereocenters. The fraction of sp³-hybridized carbons (Fsp3) is 0.857. The van der Waals surface area contributed by atoms with Crippen molar-refractivity contribution >= 4 is 11.9 Å². The predicted octanol–water partition coefficient (Wildman–Crippen LogP) is 2.66. The third-order valence-electron chi connectivity index (χ3n) is 3.85. The van der Waals surface area contributed by atoms with Crippen LogP contribution in [0.5, 0.6) is 0 Å². The molecule has 102 valence electrons. The Labute approximate surface area is 108 Å². The van der Waals surface area contributed by atoms with Crippen LogP contribution >= 0.6 is 0 Å².